The van der Waals surface area contributed by atoms with Crippen LogP contribution in [0.5, 0.6) is 0 Å². The van der Waals surface area contributed by atoms with Gasteiger partial charge >= 0.3 is 6.09 Å². The third-order valence-electron chi connectivity index (χ3n) is 3.81. The zero-order chi connectivity index (χ0) is 17.7. The Morgan fingerprint density at radius 1 is 1.12 bits per heavy atom. The number of ketones is 1. The van der Waals surface area contributed by atoms with Crippen LogP contribution in [0.15, 0.2) is 53.0 Å². The van der Waals surface area contributed by atoms with Gasteiger partial charge in [-0.25, -0.2) is 9.18 Å². The average Bonchev–Trinajstić information content (AvgIpc) is 2.55. The zero-order valence-corrected chi connectivity index (χ0v) is 14.7. The second-order valence-corrected chi connectivity index (χ2v) is 6.30. The van der Waals surface area contributed by atoms with E-state index in [1.807, 2.05) is 24.3 Å². The van der Waals surface area contributed by atoms with Gasteiger partial charge in [0, 0.05) is 23.0 Å². The molecule has 0 spiro atoms. The Hall–Kier alpha value is -2.21. The molecule has 1 amide bonds. The topological polar surface area (TPSA) is 57.6 Å². The van der Waals surface area contributed by atoms with Gasteiger partial charge in [0.15, 0.2) is 5.78 Å². The van der Waals surface area contributed by atoms with Crippen molar-refractivity contribution in [3.8, 4) is 0 Å². The number of amides is 1. The minimum Gasteiger partial charge on any atom is -0.465 e. The molecule has 1 atom stereocenters. The molecule has 4 nitrogen and oxygen atoms in total. The van der Waals surface area contributed by atoms with Crippen LogP contribution in [0.2, 0.25) is 0 Å². The van der Waals surface area contributed by atoms with Crippen LogP contribution in [0.4, 0.5) is 9.18 Å². The van der Waals surface area contributed by atoms with E-state index in [0.29, 0.717) is 5.56 Å². The summed E-state index contributed by atoms with van der Waals surface area (Å²) in [5.41, 5.74) is 1.22. The smallest absolute Gasteiger partial charge is 0.407 e. The summed E-state index contributed by atoms with van der Waals surface area (Å²) in [6.07, 6.45) is -1.05. The molecule has 0 radical (unpaired) electrons. The fourth-order valence-corrected chi connectivity index (χ4v) is 2.64. The fraction of sp³-hybridized carbons (Fsp3) is 0.222. The lowest BCUT2D eigenvalue weighted by Gasteiger charge is -2.26. The van der Waals surface area contributed by atoms with E-state index in [2.05, 4.69) is 15.9 Å². The Labute approximate surface area is 148 Å². The van der Waals surface area contributed by atoms with Crippen LogP contribution < -0.4 is 0 Å². The van der Waals surface area contributed by atoms with Crippen molar-refractivity contribution in [2.75, 3.05) is 6.54 Å². The molecule has 0 aliphatic carbocycles. The van der Waals surface area contributed by atoms with Crippen LogP contribution in [0.25, 0.3) is 0 Å². The van der Waals surface area contributed by atoms with Gasteiger partial charge in [0.2, 0.25) is 0 Å². The molecule has 0 heterocycles. The van der Waals surface area contributed by atoms with Crippen molar-refractivity contribution in [2.24, 2.45) is 0 Å². The molecule has 2 aromatic carbocycles. The first kappa shape index (κ1) is 18.1. The first-order chi connectivity index (χ1) is 11.4. The van der Waals surface area contributed by atoms with E-state index in [9.17, 15) is 19.1 Å². The summed E-state index contributed by atoms with van der Waals surface area (Å²) in [4.78, 5) is 24.9. The third kappa shape index (κ3) is 4.64. The highest BCUT2D eigenvalue weighted by Gasteiger charge is 2.22. The van der Waals surface area contributed by atoms with Crippen LogP contribution in [-0.2, 0) is 0 Å². The molecule has 6 heteroatoms. The Morgan fingerprint density at radius 2 is 1.71 bits per heavy atom. The number of hydrogen-bond donors (Lipinski definition) is 1. The molecule has 0 saturated carbocycles. The highest BCUT2D eigenvalue weighted by Crippen LogP contribution is 2.23. The lowest BCUT2D eigenvalue weighted by Crippen LogP contribution is -2.34. The number of hydrogen-bond acceptors (Lipinski definition) is 2. The minimum atomic E-state index is -1.09. The molecule has 1 unspecified atom stereocenters. The summed E-state index contributed by atoms with van der Waals surface area (Å²) in [7, 11) is 0. The predicted molar refractivity (Wildman–Crippen MR) is 92.6 cm³/mol. The lowest BCUT2D eigenvalue weighted by atomic mass is 10.1. The molecule has 24 heavy (non-hydrogen) atoms. The van der Waals surface area contributed by atoms with Crippen molar-refractivity contribution in [1.29, 1.82) is 0 Å². The summed E-state index contributed by atoms with van der Waals surface area (Å²) in [5, 5.41) is 9.44. The minimum absolute atomic E-state index is 0.0405. The third-order valence-corrected chi connectivity index (χ3v) is 4.34. The van der Waals surface area contributed by atoms with Crippen molar-refractivity contribution < 1.29 is 19.1 Å². The molecule has 0 fully saturated rings. The molecular weight excluding hydrogens is 377 g/mol. The maximum atomic E-state index is 12.9. The quantitative estimate of drug-likeness (QED) is 0.709. The van der Waals surface area contributed by atoms with Crippen molar-refractivity contribution >= 4 is 27.8 Å². The Kier molecular flexibility index (Phi) is 6.09. The standard InChI is InChI=1S/C18H17BrFNO3/c1-12(13-2-6-15(19)7-3-13)21(18(23)24)11-10-17(22)14-4-8-16(20)9-5-14/h2-9,12H,10-11H2,1H3,(H,23,24). The number of carboxylic acid groups (broad SMARTS) is 1. The Morgan fingerprint density at radius 3 is 2.25 bits per heavy atom. The van der Waals surface area contributed by atoms with E-state index in [1.54, 1.807) is 6.92 Å². The van der Waals surface area contributed by atoms with Gasteiger partial charge < -0.3 is 10.0 Å². The summed E-state index contributed by atoms with van der Waals surface area (Å²) >= 11 is 3.34. The van der Waals surface area contributed by atoms with Crippen molar-refractivity contribution in [3.63, 3.8) is 0 Å². The maximum Gasteiger partial charge on any atom is 0.407 e. The molecular formula is C18H17BrFNO3. The van der Waals surface area contributed by atoms with E-state index >= 15 is 0 Å². The Bertz CT molecular complexity index is 716. The van der Waals surface area contributed by atoms with E-state index in [-0.39, 0.29) is 24.8 Å². The summed E-state index contributed by atoms with van der Waals surface area (Å²) in [5.74, 6) is -0.633. The van der Waals surface area contributed by atoms with E-state index in [0.717, 1.165) is 10.0 Å². The SMILES string of the molecule is CC(c1ccc(Br)cc1)N(CCC(=O)c1ccc(F)cc1)C(=O)O. The monoisotopic (exact) mass is 393 g/mol. The molecule has 1 N–H and O–H groups in total. The van der Waals surface area contributed by atoms with E-state index < -0.39 is 11.9 Å². The van der Waals surface area contributed by atoms with Gasteiger partial charge in [0.25, 0.3) is 0 Å². The summed E-state index contributed by atoms with van der Waals surface area (Å²) in [6.45, 7) is 1.85. The first-order valence-corrected chi connectivity index (χ1v) is 8.21. The van der Waals surface area contributed by atoms with Gasteiger partial charge in [-0.1, -0.05) is 28.1 Å². The van der Waals surface area contributed by atoms with Gasteiger partial charge in [0.05, 0.1) is 6.04 Å². The molecule has 0 bridgehead atoms. The van der Waals surface area contributed by atoms with Crippen LogP contribution in [0.3, 0.4) is 0 Å². The summed E-state index contributed by atoms with van der Waals surface area (Å²) in [6, 6.07) is 12.2. The van der Waals surface area contributed by atoms with Gasteiger partial charge in [-0.05, 0) is 48.9 Å². The van der Waals surface area contributed by atoms with Crippen molar-refractivity contribution in [1.82, 2.24) is 4.90 Å². The van der Waals surface area contributed by atoms with Gasteiger partial charge in [-0.2, -0.15) is 0 Å². The molecule has 2 aromatic rings. The number of benzene rings is 2. The number of Topliss-reactive ketones (excluding diaryl/α,β-unsaturated/α-hetero) is 1. The van der Waals surface area contributed by atoms with Crippen LogP contribution in [0.1, 0.15) is 35.3 Å². The van der Waals surface area contributed by atoms with Crippen molar-refractivity contribution in [3.05, 3.63) is 69.9 Å². The average molecular weight is 394 g/mol. The van der Waals surface area contributed by atoms with Crippen LogP contribution >= 0.6 is 15.9 Å². The highest BCUT2D eigenvalue weighted by atomic mass is 79.9. The predicted octanol–water partition coefficient (Wildman–Crippen LogP) is 4.90. The van der Waals surface area contributed by atoms with Crippen molar-refractivity contribution in [2.45, 2.75) is 19.4 Å². The zero-order valence-electron chi connectivity index (χ0n) is 13.1. The number of nitrogens with zero attached hydrogens (tertiary/aromatic N) is 1. The lowest BCUT2D eigenvalue weighted by molar-refractivity contribution is 0.0942. The maximum absolute atomic E-state index is 12.9. The number of rotatable bonds is 6. The van der Waals surface area contributed by atoms with Crippen LogP contribution in [0, 0.1) is 5.82 Å². The van der Waals surface area contributed by atoms with Gasteiger partial charge in [0.1, 0.15) is 5.82 Å². The normalized spacial score (nSPS) is 11.8. The van der Waals surface area contributed by atoms with E-state index in [1.165, 1.54) is 29.2 Å². The first-order valence-electron chi connectivity index (χ1n) is 7.42. The van der Waals surface area contributed by atoms with Gasteiger partial charge in [-0.15, -0.1) is 0 Å². The highest BCUT2D eigenvalue weighted by molar-refractivity contribution is 9.10. The second-order valence-electron chi connectivity index (χ2n) is 5.38. The summed E-state index contributed by atoms with van der Waals surface area (Å²) < 4.78 is 13.8. The number of carbonyl (C=O) groups is 2. The molecule has 126 valence electrons. The molecule has 0 aliphatic rings. The Balaban J connectivity index is 2.05. The largest absolute Gasteiger partial charge is 0.465 e. The molecule has 0 aromatic heterocycles. The second kappa shape index (κ2) is 8.06. The fourth-order valence-electron chi connectivity index (χ4n) is 2.38. The molecule has 0 aliphatic heterocycles. The number of carbonyl (C=O) groups excluding carboxylic acids is 1. The van der Waals surface area contributed by atoms with E-state index in [4.69, 9.17) is 0 Å². The van der Waals surface area contributed by atoms with Gasteiger partial charge in [-0.3, -0.25) is 4.79 Å². The number of halogens is 2. The molecule has 0 saturated heterocycles. The molecule has 2 rings (SSSR count). The van der Waals surface area contributed by atoms with Crippen LogP contribution in [-0.4, -0.2) is 28.4 Å².